The first-order valence-corrected chi connectivity index (χ1v) is 8.34. The maximum Gasteiger partial charge on any atom is 0.202 e. The molecule has 21 heavy (non-hydrogen) atoms. The average molecular weight is 298 g/mol. The van der Waals surface area contributed by atoms with E-state index in [1.165, 1.54) is 0 Å². The molecule has 0 radical (unpaired) electrons. The molecule has 4 nitrogen and oxygen atoms in total. The van der Waals surface area contributed by atoms with Gasteiger partial charge in [-0.25, -0.2) is 0 Å². The third kappa shape index (κ3) is 3.50. The summed E-state index contributed by atoms with van der Waals surface area (Å²) in [7, 11) is 0. The zero-order valence-electron chi connectivity index (χ0n) is 13.4. The van der Waals surface area contributed by atoms with Crippen molar-refractivity contribution in [2.45, 2.75) is 63.9 Å². The Balaban J connectivity index is 1.98. The molecule has 0 aromatic heterocycles. The third-order valence-corrected chi connectivity index (χ3v) is 4.91. The van der Waals surface area contributed by atoms with Crippen molar-refractivity contribution in [1.82, 2.24) is 0 Å². The Kier molecular flexibility index (Phi) is 6.23. The van der Waals surface area contributed by atoms with Crippen LogP contribution < -0.4 is 0 Å². The van der Waals surface area contributed by atoms with Gasteiger partial charge < -0.3 is 19.3 Å². The number of hydrogen-bond donors (Lipinski definition) is 1. The first-order valence-electron chi connectivity index (χ1n) is 8.34. The number of unbranched alkanes of at least 4 members (excludes halogenated alkanes) is 2. The molecule has 2 rings (SSSR count). The Labute approximate surface area is 128 Å². The highest BCUT2D eigenvalue weighted by Gasteiger charge is 2.55. The molecule has 2 saturated heterocycles. The predicted octanol–water partition coefficient (Wildman–Crippen LogP) is 2.90. The minimum Gasteiger partial charge on any atom is -0.385 e. The SMILES string of the molecule is C=CCCCCC(CC)[C@@H]1OC[C@H](C)C2(OCCO2)[C@H]1O. The Morgan fingerprint density at radius 1 is 1.33 bits per heavy atom. The molecule has 0 aromatic rings. The number of aliphatic hydroxyl groups excluding tert-OH is 1. The van der Waals surface area contributed by atoms with Crippen molar-refractivity contribution >= 4 is 0 Å². The molecule has 1 N–H and O–H groups in total. The van der Waals surface area contributed by atoms with E-state index in [1.54, 1.807) is 0 Å². The minimum atomic E-state index is -0.850. The molecule has 2 fully saturated rings. The average Bonchev–Trinajstić information content (AvgIpc) is 2.98. The molecule has 2 aliphatic heterocycles. The van der Waals surface area contributed by atoms with E-state index in [0.29, 0.717) is 25.7 Å². The van der Waals surface area contributed by atoms with Crippen LogP contribution in [-0.2, 0) is 14.2 Å². The van der Waals surface area contributed by atoms with Crippen molar-refractivity contribution < 1.29 is 19.3 Å². The topological polar surface area (TPSA) is 47.9 Å². The fourth-order valence-electron chi connectivity index (χ4n) is 3.57. The lowest BCUT2D eigenvalue weighted by Gasteiger charge is -2.47. The van der Waals surface area contributed by atoms with Crippen LogP contribution in [0.4, 0.5) is 0 Å². The summed E-state index contributed by atoms with van der Waals surface area (Å²) in [5, 5.41) is 10.8. The van der Waals surface area contributed by atoms with E-state index in [2.05, 4.69) is 13.5 Å². The molecular formula is C17H30O4. The van der Waals surface area contributed by atoms with E-state index in [4.69, 9.17) is 14.2 Å². The first kappa shape index (κ1) is 16.9. The molecule has 122 valence electrons. The largest absolute Gasteiger partial charge is 0.385 e. The van der Waals surface area contributed by atoms with Crippen LogP contribution in [0.15, 0.2) is 12.7 Å². The lowest BCUT2D eigenvalue weighted by atomic mass is 9.81. The molecular weight excluding hydrogens is 268 g/mol. The van der Waals surface area contributed by atoms with Crippen LogP contribution in [0, 0.1) is 11.8 Å². The third-order valence-electron chi connectivity index (χ3n) is 4.91. The number of rotatable bonds is 7. The van der Waals surface area contributed by atoms with Gasteiger partial charge in [0.05, 0.1) is 25.9 Å². The molecule has 1 unspecified atom stereocenters. The molecule has 1 spiro atoms. The van der Waals surface area contributed by atoms with Crippen LogP contribution in [0.2, 0.25) is 0 Å². The highest BCUT2D eigenvalue weighted by Crippen LogP contribution is 2.41. The second-order valence-electron chi connectivity index (χ2n) is 6.30. The zero-order valence-corrected chi connectivity index (χ0v) is 13.4. The van der Waals surface area contributed by atoms with E-state index in [9.17, 15) is 5.11 Å². The van der Waals surface area contributed by atoms with E-state index in [1.807, 2.05) is 13.0 Å². The summed E-state index contributed by atoms with van der Waals surface area (Å²) >= 11 is 0. The van der Waals surface area contributed by atoms with Gasteiger partial charge in [0, 0.05) is 5.92 Å². The van der Waals surface area contributed by atoms with Gasteiger partial charge in [0.15, 0.2) is 0 Å². The van der Waals surface area contributed by atoms with Gasteiger partial charge in [0.25, 0.3) is 0 Å². The Hall–Kier alpha value is -0.420. The zero-order chi connectivity index (χ0) is 15.3. The van der Waals surface area contributed by atoms with Gasteiger partial charge in [-0.3, -0.25) is 0 Å². The molecule has 0 saturated carbocycles. The van der Waals surface area contributed by atoms with Crippen molar-refractivity contribution in [2.75, 3.05) is 19.8 Å². The summed E-state index contributed by atoms with van der Waals surface area (Å²) in [5.41, 5.74) is 0. The van der Waals surface area contributed by atoms with Crippen LogP contribution in [0.3, 0.4) is 0 Å². The molecule has 4 heteroatoms. The molecule has 4 atom stereocenters. The van der Waals surface area contributed by atoms with Crippen LogP contribution in [0.5, 0.6) is 0 Å². The van der Waals surface area contributed by atoms with Gasteiger partial charge in [0.1, 0.15) is 6.10 Å². The molecule has 0 aromatic carbocycles. The number of ether oxygens (including phenoxy) is 3. The second-order valence-corrected chi connectivity index (χ2v) is 6.30. The standard InChI is InChI=1S/C17H30O4/c1-4-6-7-8-9-14(5-2)15-16(18)17(13(3)12-19-15)20-10-11-21-17/h4,13-16,18H,1,5-12H2,2-3H3/t13-,14?,15-,16-/m0/s1. The molecule has 2 aliphatic rings. The predicted molar refractivity (Wildman–Crippen MR) is 82.0 cm³/mol. The van der Waals surface area contributed by atoms with Crippen molar-refractivity contribution in [3.05, 3.63) is 12.7 Å². The van der Waals surface area contributed by atoms with Crippen LogP contribution in [0.1, 0.15) is 46.0 Å². The van der Waals surface area contributed by atoms with Gasteiger partial charge in [-0.1, -0.05) is 32.8 Å². The summed E-state index contributed by atoms with van der Waals surface area (Å²) in [5.74, 6) is -0.441. The van der Waals surface area contributed by atoms with E-state index in [-0.39, 0.29) is 12.0 Å². The van der Waals surface area contributed by atoms with Gasteiger partial charge in [-0.2, -0.15) is 0 Å². The van der Waals surface area contributed by atoms with Crippen molar-refractivity contribution in [3.63, 3.8) is 0 Å². The Morgan fingerprint density at radius 3 is 2.67 bits per heavy atom. The summed E-state index contributed by atoms with van der Waals surface area (Å²) in [6.07, 6.45) is 6.48. The summed E-state index contributed by atoms with van der Waals surface area (Å²) in [6.45, 7) is 9.65. The summed E-state index contributed by atoms with van der Waals surface area (Å²) in [4.78, 5) is 0. The van der Waals surface area contributed by atoms with Gasteiger partial charge in [0.2, 0.25) is 5.79 Å². The quantitative estimate of drug-likeness (QED) is 0.580. The van der Waals surface area contributed by atoms with Gasteiger partial charge >= 0.3 is 0 Å². The van der Waals surface area contributed by atoms with Crippen molar-refractivity contribution in [2.24, 2.45) is 11.8 Å². The summed E-state index contributed by atoms with van der Waals surface area (Å²) < 4.78 is 17.6. The fraction of sp³-hybridized carbons (Fsp3) is 0.882. The van der Waals surface area contributed by atoms with Crippen LogP contribution in [-0.4, -0.2) is 42.9 Å². The summed E-state index contributed by atoms with van der Waals surface area (Å²) in [6, 6.07) is 0. The Morgan fingerprint density at radius 2 is 2.05 bits per heavy atom. The maximum atomic E-state index is 10.8. The molecule has 0 amide bonds. The normalized spacial score (nSPS) is 33.2. The lowest BCUT2D eigenvalue weighted by molar-refractivity contribution is -0.315. The van der Waals surface area contributed by atoms with E-state index in [0.717, 1.165) is 32.1 Å². The molecule has 0 aliphatic carbocycles. The minimum absolute atomic E-state index is 0.0597. The second kappa shape index (κ2) is 7.73. The van der Waals surface area contributed by atoms with E-state index < -0.39 is 11.9 Å². The van der Waals surface area contributed by atoms with Gasteiger partial charge in [-0.15, -0.1) is 6.58 Å². The lowest BCUT2D eigenvalue weighted by Crippen LogP contribution is -2.61. The highest BCUT2D eigenvalue weighted by molar-refractivity contribution is 4.97. The van der Waals surface area contributed by atoms with Crippen LogP contribution >= 0.6 is 0 Å². The number of hydrogen-bond acceptors (Lipinski definition) is 4. The monoisotopic (exact) mass is 298 g/mol. The maximum absolute atomic E-state index is 10.8. The van der Waals surface area contributed by atoms with E-state index >= 15 is 0 Å². The van der Waals surface area contributed by atoms with Crippen molar-refractivity contribution in [3.8, 4) is 0 Å². The number of allylic oxidation sites excluding steroid dienone is 1. The number of aliphatic hydroxyl groups is 1. The Bertz CT molecular complexity index is 325. The molecule has 0 bridgehead atoms. The van der Waals surface area contributed by atoms with Crippen molar-refractivity contribution in [1.29, 1.82) is 0 Å². The first-order chi connectivity index (χ1) is 10.2. The molecule has 2 heterocycles. The van der Waals surface area contributed by atoms with Gasteiger partial charge in [-0.05, 0) is 25.2 Å². The fourth-order valence-corrected chi connectivity index (χ4v) is 3.57. The highest BCUT2D eigenvalue weighted by atomic mass is 16.8. The smallest absolute Gasteiger partial charge is 0.202 e. The van der Waals surface area contributed by atoms with Crippen LogP contribution in [0.25, 0.3) is 0 Å².